The summed E-state index contributed by atoms with van der Waals surface area (Å²) >= 11 is 0. The third kappa shape index (κ3) is 5.20. The summed E-state index contributed by atoms with van der Waals surface area (Å²) in [7, 11) is -5.64. The summed E-state index contributed by atoms with van der Waals surface area (Å²) in [6.07, 6.45) is 0.899. The van der Waals surface area contributed by atoms with E-state index in [0.29, 0.717) is 12.8 Å². The smallest absolute Gasteiger partial charge is 0.243 e. The molecule has 1 saturated heterocycles. The van der Waals surface area contributed by atoms with E-state index in [2.05, 4.69) is 0 Å². The fraction of sp³-hybridized carbons (Fsp3) is 0.409. The van der Waals surface area contributed by atoms with Crippen LogP contribution < -0.4 is 5.14 Å². The van der Waals surface area contributed by atoms with Crippen LogP contribution >= 0.6 is 0 Å². The lowest BCUT2D eigenvalue weighted by atomic mass is 9.95. The van der Waals surface area contributed by atoms with Crippen molar-refractivity contribution in [2.75, 3.05) is 20.1 Å². The van der Waals surface area contributed by atoms with Crippen LogP contribution in [0.1, 0.15) is 36.9 Å². The monoisotopic (exact) mass is 479 g/mol. The zero-order chi connectivity index (χ0) is 23.7. The van der Waals surface area contributed by atoms with E-state index in [1.807, 2.05) is 13.8 Å². The third-order valence-electron chi connectivity index (χ3n) is 6.08. The van der Waals surface area contributed by atoms with Gasteiger partial charge in [0, 0.05) is 26.1 Å². The van der Waals surface area contributed by atoms with Crippen molar-refractivity contribution in [3.63, 3.8) is 0 Å². The number of primary sulfonamides is 1. The highest BCUT2D eigenvalue weighted by molar-refractivity contribution is 7.89. The molecule has 2 aromatic rings. The Bertz CT molecular complexity index is 1170. The van der Waals surface area contributed by atoms with E-state index in [-0.39, 0.29) is 40.7 Å². The molecule has 0 unspecified atom stereocenters. The van der Waals surface area contributed by atoms with Crippen molar-refractivity contribution in [2.24, 2.45) is 11.1 Å². The number of nitrogens with two attached hydrogens (primary N) is 1. The van der Waals surface area contributed by atoms with Crippen LogP contribution in [0.2, 0.25) is 0 Å². The summed E-state index contributed by atoms with van der Waals surface area (Å²) in [6, 6.07) is 12.6. The van der Waals surface area contributed by atoms with Crippen LogP contribution in [0.3, 0.4) is 0 Å². The molecule has 1 amide bonds. The Kier molecular flexibility index (Phi) is 7.09. The lowest BCUT2D eigenvalue weighted by molar-refractivity contribution is -0.137. The maximum Gasteiger partial charge on any atom is 0.243 e. The van der Waals surface area contributed by atoms with Crippen molar-refractivity contribution >= 4 is 26.0 Å². The molecule has 2 N–H and O–H groups in total. The molecule has 0 bridgehead atoms. The van der Waals surface area contributed by atoms with E-state index in [4.69, 9.17) is 5.14 Å². The van der Waals surface area contributed by atoms with Crippen LogP contribution in [-0.4, -0.2) is 52.1 Å². The van der Waals surface area contributed by atoms with Crippen LogP contribution in [-0.2, 0) is 24.8 Å². The first-order valence-corrected chi connectivity index (χ1v) is 13.4. The zero-order valence-corrected chi connectivity index (χ0v) is 20.1. The molecule has 2 aromatic carbocycles. The Hall–Kier alpha value is -2.27. The fourth-order valence-electron chi connectivity index (χ4n) is 3.84. The van der Waals surface area contributed by atoms with Gasteiger partial charge in [-0.3, -0.25) is 4.79 Å². The van der Waals surface area contributed by atoms with Crippen molar-refractivity contribution in [1.82, 2.24) is 9.21 Å². The van der Waals surface area contributed by atoms with Crippen molar-refractivity contribution in [3.05, 3.63) is 59.7 Å². The van der Waals surface area contributed by atoms with Crippen molar-refractivity contribution in [1.29, 1.82) is 0 Å². The Morgan fingerprint density at radius 1 is 0.969 bits per heavy atom. The average molecular weight is 480 g/mol. The van der Waals surface area contributed by atoms with Gasteiger partial charge < -0.3 is 4.90 Å². The molecule has 0 spiro atoms. The summed E-state index contributed by atoms with van der Waals surface area (Å²) in [5, 5.41) is 5.13. The summed E-state index contributed by atoms with van der Waals surface area (Å²) in [4.78, 5) is 15.0. The molecule has 0 aromatic heterocycles. The topological polar surface area (TPSA) is 118 Å². The second-order valence-corrected chi connectivity index (χ2v) is 11.7. The third-order valence-corrected chi connectivity index (χ3v) is 8.92. The minimum atomic E-state index is -3.77. The second kappa shape index (κ2) is 9.30. The van der Waals surface area contributed by atoms with Crippen LogP contribution in [0.4, 0.5) is 0 Å². The normalized spacial score (nSPS) is 17.1. The number of carbonyl (C=O) groups excluding carboxylic acids is 1. The van der Waals surface area contributed by atoms with Crippen molar-refractivity contribution in [2.45, 2.75) is 42.5 Å². The molecule has 10 heteroatoms. The number of amides is 1. The summed E-state index contributed by atoms with van der Waals surface area (Å²) in [6.45, 7) is 4.34. The van der Waals surface area contributed by atoms with E-state index in [1.54, 1.807) is 48.3 Å². The number of hydrogen-bond donors (Lipinski definition) is 1. The number of carbonyl (C=O) groups is 1. The van der Waals surface area contributed by atoms with Crippen molar-refractivity contribution in [3.8, 4) is 0 Å². The first-order valence-electron chi connectivity index (χ1n) is 10.4. The van der Waals surface area contributed by atoms with Gasteiger partial charge in [0.05, 0.1) is 15.8 Å². The highest BCUT2D eigenvalue weighted by Crippen LogP contribution is 2.28. The lowest BCUT2D eigenvalue weighted by Gasteiger charge is -2.34. The molecule has 32 heavy (non-hydrogen) atoms. The minimum Gasteiger partial charge on any atom is -0.339 e. The zero-order valence-electron chi connectivity index (χ0n) is 18.4. The standard InChI is InChI=1S/C22H29N3O5S2/c1-16-4-8-21(9-5-16)32(29,30)25-14-12-19(13-15-25)22(26)24(3)17(2)18-6-10-20(11-7-18)31(23,27)28/h4-11,17,19H,12-15H2,1-3H3,(H2,23,27,28)/t17-/m1/s1. The average Bonchev–Trinajstić information content (AvgIpc) is 2.77. The van der Waals surface area contributed by atoms with E-state index in [0.717, 1.165) is 11.1 Å². The summed E-state index contributed by atoms with van der Waals surface area (Å²) in [5.41, 5.74) is 1.78. The largest absolute Gasteiger partial charge is 0.339 e. The molecule has 1 atom stereocenters. The Morgan fingerprint density at radius 3 is 1.97 bits per heavy atom. The molecule has 0 saturated carbocycles. The van der Waals surface area contributed by atoms with Gasteiger partial charge in [0.25, 0.3) is 0 Å². The molecule has 0 radical (unpaired) electrons. The number of benzene rings is 2. The lowest BCUT2D eigenvalue weighted by Crippen LogP contribution is -2.43. The van der Waals surface area contributed by atoms with Gasteiger partial charge in [0.2, 0.25) is 26.0 Å². The maximum absolute atomic E-state index is 13.0. The van der Waals surface area contributed by atoms with Gasteiger partial charge >= 0.3 is 0 Å². The SMILES string of the molecule is Cc1ccc(S(=O)(=O)N2CCC(C(=O)N(C)[C@H](C)c3ccc(S(N)(=O)=O)cc3)CC2)cc1. The van der Waals surface area contributed by atoms with E-state index in [9.17, 15) is 21.6 Å². The van der Waals surface area contributed by atoms with E-state index < -0.39 is 20.0 Å². The second-order valence-electron chi connectivity index (χ2n) is 8.23. The molecular formula is C22H29N3O5S2. The van der Waals surface area contributed by atoms with Gasteiger partial charge in [0.15, 0.2) is 0 Å². The van der Waals surface area contributed by atoms with Crippen LogP contribution in [0.25, 0.3) is 0 Å². The Balaban J connectivity index is 1.63. The minimum absolute atomic E-state index is 0.0181. The molecule has 8 nitrogen and oxygen atoms in total. The molecule has 1 fully saturated rings. The Labute approximate surface area is 190 Å². The van der Waals surface area contributed by atoms with E-state index in [1.165, 1.54) is 16.4 Å². The summed E-state index contributed by atoms with van der Waals surface area (Å²) < 4.78 is 50.1. The van der Waals surface area contributed by atoms with Crippen LogP contribution in [0.15, 0.2) is 58.3 Å². The highest BCUT2D eigenvalue weighted by atomic mass is 32.2. The molecule has 1 aliphatic rings. The highest BCUT2D eigenvalue weighted by Gasteiger charge is 2.34. The molecule has 1 aliphatic heterocycles. The van der Waals surface area contributed by atoms with Gasteiger partial charge in [-0.1, -0.05) is 29.8 Å². The van der Waals surface area contributed by atoms with Crippen LogP contribution in [0, 0.1) is 12.8 Å². The number of hydrogen-bond acceptors (Lipinski definition) is 5. The number of rotatable bonds is 6. The van der Waals surface area contributed by atoms with Crippen molar-refractivity contribution < 1.29 is 21.6 Å². The maximum atomic E-state index is 13.0. The van der Waals surface area contributed by atoms with Gasteiger partial charge in [-0.15, -0.1) is 0 Å². The predicted molar refractivity (Wildman–Crippen MR) is 122 cm³/mol. The fourth-order valence-corrected chi connectivity index (χ4v) is 5.83. The number of piperidine rings is 1. The van der Waals surface area contributed by atoms with Gasteiger partial charge in [-0.2, -0.15) is 4.31 Å². The molecule has 174 valence electrons. The first-order chi connectivity index (χ1) is 14.9. The van der Waals surface area contributed by atoms with Gasteiger partial charge in [-0.25, -0.2) is 22.0 Å². The first kappa shape index (κ1) is 24.4. The van der Waals surface area contributed by atoms with Gasteiger partial charge in [-0.05, 0) is 56.5 Å². The quantitative estimate of drug-likeness (QED) is 0.682. The molecular weight excluding hydrogens is 450 g/mol. The van der Waals surface area contributed by atoms with E-state index >= 15 is 0 Å². The molecule has 3 rings (SSSR count). The number of aryl methyl sites for hydroxylation is 1. The Morgan fingerprint density at radius 2 is 1.47 bits per heavy atom. The predicted octanol–water partition coefficient (Wildman–Crippen LogP) is 2.26. The molecule has 0 aliphatic carbocycles. The van der Waals surface area contributed by atoms with Gasteiger partial charge in [0.1, 0.15) is 0 Å². The molecule has 1 heterocycles. The summed E-state index contributed by atoms with van der Waals surface area (Å²) in [5.74, 6) is -0.323. The number of nitrogens with zero attached hydrogens (tertiary/aromatic N) is 2. The number of sulfonamides is 2. The van der Waals surface area contributed by atoms with Crippen LogP contribution in [0.5, 0.6) is 0 Å².